The van der Waals surface area contributed by atoms with E-state index in [0.29, 0.717) is 6.10 Å². The highest BCUT2D eigenvalue weighted by atomic mass is 28.3. The molecule has 0 spiro atoms. The normalized spacial score (nSPS) is 37.3. The molecule has 0 aliphatic carbocycles. The molecule has 0 saturated carbocycles. The minimum atomic E-state index is -1.01. The van der Waals surface area contributed by atoms with Crippen LogP contribution in [0.3, 0.4) is 0 Å². The minimum absolute atomic E-state index is 0.642. The van der Waals surface area contributed by atoms with Crippen LogP contribution in [0.2, 0.25) is 23.2 Å². The molecule has 2 heterocycles. The average molecular weight is 240 g/mol. The third kappa shape index (κ3) is 1.99. The van der Waals surface area contributed by atoms with E-state index in [1.807, 2.05) is 0 Å². The van der Waals surface area contributed by atoms with Gasteiger partial charge in [-0.1, -0.05) is 58.2 Å². The van der Waals surface area contributed by atoms with E-state index in [0.717, 1.165) is 11.6 Å². The van der Waals surface area contributed by atoms with Gasteiger partial charge in [-0.15, -0.1) is 0 Å². The lowest BCUT2D eigenvalue weighted by Crippen LogP contribution is -2.49. The van der Waals surface area contributed by atoms with Gasteiger partial charge in [0.05, 0.1) is 20.8 Å². The maximum absolute atomic E-state index is 5.54. The molecule has 1 nitrogen and oxygen atoms in total. The molecule has 2 aliphatic rings. The zero-order valence-corrected chi connectivity index (χ0v) is 12.3. The maximum atomic E-state index is 5.54. The molecular formula is C14H28OSi. The second-order valence-electron chi connectivity index (χ2n) is 5.99. The molecule has 2 rings (SSSR count). The molecule has 2 fully saturated rings. The second-order valence-corrected chi connectivity index (χ2v) is 11.5. The van der Waals surface area contributed by atoms with Crippen LogP contribution in [0.1, 0.15) is 52.9 Å². The van der Waals surface area contributed by atoms with E-state index in [2.05, 4.69) is 20.8 Å². The largest absolute Gasteiger partial charge is 0.373 e. The summed E-state index contributed by atoms with van der Waals surface area (Å²) in [6.07, 6.45) is 7.97. The summed E-state index contributed by atoms with van der Waals surface area (Å²) < 4.78 is 5.54. The average Bonchev–Trinajstić information content (AvgIpc) is 3.13. The van der Waals surface area contributed by atoms with Crippen LogP contribution < -0.4 is 0 Å². The third-order valence-corrected chi connectivity index (χ3v) is 12.8. The Kier molecular flexibility index (Phi) is 3.80. The van der Waals surface area contributed by atoms with Gasteiger partial charge >= 0.3 is 0 Å². The minimum Gasteiger partial charge on any atom is -0.373 e. The number of epoxide rings is 1. The fourth-order valence-electron chi connectivity index (χ4n) is 4.45. The monoisotopic (exact) mass is 240 g/mol. The lowest BCUT2D eigenvalue weighted by atomic mass is 9.92. The van der Waals surface area contributed by atoms with Crippen LogP contribution in [0.5, 0.6) is 0 Å². The fraction of sp³-hybridized carbons (Fsp3) is 1.00. The molecule has 0 aromatic rings. The number of hydrogen-bond acceptors (Lipinski definition) is 1. The smallest absolute Gasteiger partial charge is 0.0812 e. The predicted molar refractivity (Wildman–Crippen MR) is 72.7 cm³/mol. The van der Waals surface area contributed by atoms with Crippen molar-refractivity contribution in [2.75, 3.05) is 6.61 Å². The number of rotatable bonds is 5. The first-order chi connectivity index (χ1) is 7.72. The molecule has 0 amide bonds. The topological polar surface area (TPSA) is 12.5 Å². The summed E-state index contributed by atoms with van der Waals surface area (Å²) >= 11 is 0. The summed E-state index contributed by atoms with van der Waals surface area (Å²) in [5, 5.41) is 0.732. The Bertz CT molecular complexity index is 233. The Hall–Kier alpha value is 0.177. The van der Waals surface area contributed by atoms with Crippen LogP contribution in [-0.2, 0) is 4.74 Å². The predicted octanol–water partition coefficient (Wildman–Crippen LogP) is 4.60. The summed E-state index contributed by atoms with van der Waals surface area (Å²) in [5.41, 5.74) is 0. The Morgan fingerprint density at radius 2 is 1.88 bits per heavy atom. The number of ether oxygens (including phenoxy) is 1. The Balaban J connectivity index is 2.21. The van der Waals surface area contributed by atoms with E-state index in [4.69, 9.17) is 4.74 Å². The lowest BCUT2D eigenvalue weighted by molar-refractivity contribution is 0.322. The van der Waals surface area contributed by atoms with Crippen molar-refractivity contribution in [2.45, 2.75) is 82.1 Å². The Morgan fingerprint density at radius 3 is 2.38 bits per heavy atom. The molecule has 2 heteroatoms. The van der Waals surface area contributed by atoms with E-state index in [1.165, 1.54) is 44.2 Å². The van der Waals surface area contributed by atoms with Gasteiger partial charge < -0.3 is 4.74 Å². The van der Waals surface area contributed by atoms with Crippen molar-refractivity contribution in [2.24, 2.45) is 0 Å². The molecular weight excluding hydrogens is 212 g/mol. The summed E-state index contributed by atoms with van der Waals surface area (Å²) in [5.74, 6) is 0. The summed E-state index contributed by atoms with van der Waals surface area (Å²) in [4.78, 5) is 0. The molecule has 0 N–H and O–H groups in total. The first kappa shape index (κ1) is 12.6. The molecule has 2 aliphatic heterocycles. The van der Waals surface area contributed by atoms with Crippen LogP contribution in [0, 0.1) is 0 Å². The van der Waals surface area contributed by atoms with E-state index in [-0.39, 0.29) is 0 Å². The van der Waals surface area contributed by atoms with Gasteiger partial charge in [0.25, 0.3) is 0 Å². The molecule has 2 saturated heterocycles. The van der Waals surface area contributed by atoms with Gasteiger partial charge in [-0.3, -0.25) is 0 Å². The molecule has 94 valence electrons. The van der Waals surface area contributed by atoms with Gasteiger partial charge in [0, 0.05) is 0 Å². The van der Waals surface area contributed by atoms with Crippen molar-refractivity contribution in [1.82, 2.24) is 0 Å². The van der Waals surface area contributed by atoms with Crippen molar-refractivity contribution < 1.29 is 4.74 Å². The van der Waals surface area contributed by atoms with Gasteiger partial charge in [0.15, 0.2) is 0 Å². The van der Waals surface area contributed by atoms with Gasteiger partial charge in [0.2, 0.25) is 0 Å². The fourth-order valence-corrected chi connectivity index (χ4v) is 10.7. The third-order valence-electron chi connectivity index (χ3n) is 5.74. The van der Waals surface area contributed by atoms with E-state index in [1.54, 1.807) is 6.04 Å². The zero-order chi connectivity index (χ0) is 11.6. The molecule has 16 heavy (non-hydrogen) atoms. The lowest BCUT2D eigenvalue weighted by Gasteiger charge is -2.52. The highest BCUT2D eigenvalue weighted by molar-refractivity contribution is 6.82. The molecule has 0 aromatic carbocycles. The molecule has 0 bridgehead atoms. The highest BCUT2D eigenvalue weighted by Crippen LogP contribution is 2.59. The Labute approximate surface area is 102 Å². The number of hydrogen-bond donors (Lipinski definition) is 0. The van der Waals surface area contributed by atoms with Crippen LogP contribution in [0.4, 0.5) is 0 Å². The highest BCUT2D eigenvalue weighted by Gasteiger charge is 2.52. The zero-order valence-electron chi connectivity index (χ0n) is 11.3. The van der Waals surface area contributed by atoms with Gasteiger partial charge in [0.1, 0.15) is 0 Å². The van der Waals surface area contributed by atoms with Crippen molar-refractivity contribution >= 4 is 8.07 Å². The summed E-state index contributed by atoms with van der Waals surface area (Å²) in [7, 11) is -1.01. The van der Waals surface area contributed by atoms with E-state index < -0.39 is 8.07 Å². The van der Waals surface area contributed by atoms with Crippen LogP contribution in [0.15, 0.2) is 0 Å². The van der Waals surface area contributed by atoms with Crippen LogP contribution in [-0.4, -0.2) is 20.8 Å². The molecule has 2 atom stereocenters. The first-order valence-corrected chi connectivity index (χ1v) is 9.95. The van der Waals surface area contributed by atoms with Gasteiger partial charge in [-0.05, 0) is 17.9 Å². The summed E-state index contributed by atoms with van der Waals surface area (Å²) in [6, 6.07) is 4.61. The van der Waals surface area contributed by atoms with Crippen LogP contribution in [0.25, 0.3) is 0 Å². The standard InChI is InChI=1S/C14H28OSi/c1-4-14(11-13-12-15-13)9-7-8-10-16(14,5-2)6-3/h13H,4-12H2,1-3H3. The maximum Gasteiger partial charge on any atom is 0.0812 e. The van der Waals surface area contributed by atoms with E-state index >= 15 is 0 Å². The van der Waals surface area contributed by atoms with Crippen LogP contribution >= 0.6 is 0 Å². The van der Waals surface area contributed by atoms with Gasteiger partial charge in [-0.2, -0.15) is 0 Å². The summed E-state index contributed by atoms with van der Waals surface area (Å²) in [6.45, 7) is 8.44. The van der Waals surface area contributed by atoms with Crippen molar-refractivity contribution in [3.05, 3.63) is 0 Å². The second kappa shape index (κ2) is 4.81. The molecule has 0 aromatic heterocycles. The molecule has 0 radical (unpaired) electrons. The van der Waals surface area contributed by atoms with Gasteiger partial charge in [-0.25, -0.2) is 0 Å². The SMILES string of the molecule is CCC1(CC2CO2)CCCC[Si]1(CC)CC. The quantitative estimate of drug-likeness (QED) is 0.505. The van der Waals surface area contributed by atoms with Crippen molar-refractivity contribution in [3.8, 4) is 0 Å². The Morgan fingerprint density at radius 1 is 1.19 bits per heavy atom. The van der Waals surface area contributed by atoms with Crippen molar-refractivity contribution in [1.29, 1.82) is 0 Å². The van der Waals surface area contributed by atoms with Crippen molar-refractivity contribution in [3.63, 3.8) is 0 Å². The van der Waals surface area contributed by atoms with E-state index in [9.17, 15) is 0 Å². The first-order valence-electron chi connectivity index (χ1n) is 7.33. The molecule has 2 unspecified atom stereocenters.